The minimum absolute atomic E-state index is 0.0180. The largest absolute Gasteiger partial charge is 0.481 e. The van der Waals surface area contributed by atoms with Crippen molar-refractivity contribution in [1.29, 1.82) is 0 Å². The van der Waals surface area contributed by atoms with Crippen molar-refractivity contribution in [2.24, 2.45) is 5.41 Å². The number of carbonyl (C=O) groups is 1. The van der Waals surface area contributed by atoms with E-state index in [1.165, 1.54) is 6.26 Å². The van der Waals surface area contributed by atoms with Crippen molar-refractivity contribution < 1.29 is 19.1 Å². The molecule has 1 unspecified atom stereocenters. The van der Waals surface area contributed by atoms with Gasteiger partial charge < -0.3 is 14.3 Å². The van der Waals surface area contributed by atoms with Crippen molar-refractivity contribution >= 4 is 5.97 Å². The number of carboxylic acid groups (broad SMARTS) is 1. The smallest absolute Gasteiger partial charge is 0.314 e. The zero-order valence-corrected chi connectivity index (χ0v) is 8.60. The molecule has 0 saturated carbocycles. The number of rotatable bonds is 4. The second kappa shape index (κ2) is 3.70. The van der Waals surface area contributed by atoms with E-state index < -0.39 is 11.9 Å². The minimum Gasteiger partial charge on any atom is -0.481 e. The highest BCUT2D eigenvalue weighted by molar-refractivity contribution is 5.75. The van der Waals surface area contributed by atoms with Crippen LogP contribution in [-0.4, -0.2) is 24.3 Å². The molecule has 0 amide bonds. The third-order valence-electron chi connectivity index (χ3n) is 2.78. The van der Waals surface area contributed by atoms with Gasteiger partial charge in [-0.25, -0.2) is 0 Å². The molecule has 0 aromatic carbocycles. The summed E-state index contributed by atoms with van der Waals surface area (Å²) < 4.78 is 10.3. The van der Waals surface area contributed by atoms with Gasteiger partial charge in [0.1, 0.15) is 11.7 Å². The van der Waals surface area contributed by atoms with Gasteiger partial charge in [0, 0.05) is 5.41 Å². The Hall–Kier alpha value is -1.29. The van der Waals surface area contributed by atoms with Crippen LogP contribution in [0, 0.1) is 5.41 Å². The zero-order valence-electron chi connectivity index (χ0n) is 8.60. The Morgan fingerprint density at radius 2 is 2.40 bits per heavy atom. The van der Waals surface area contributed by atoms with Gasteiger partial charge in [-0.1, -0.05) is 6.92 Å². The lowest BCUT2D eigenvalue weighted by Gasteiger charge is -2.39. The molecule has 0 aliphatic carbocycles. The van der Waals surface area contributed by atoms with Crippen molar-refractivity contribution in [1.82, 2.24) is 0 Å². The Labute approximate surface area is 87.8 Å². The summed E-state index contributed by atoms with van der Waals surface area (Å²) in [5.74, 6) is -0.873. The first-order valence-corrected chi connectivity index (χ1v) is 4.95. The van der Waals surface area contributed by atoms with Gasteiger partial charge in [0.2, 0.25) is 0 Å². The van der Waals surface area contributed by atoms with Crippen LogP contribution in [0.5, 0.6) is 0 Å². The van der Waals surface area contributed by atoms with Crippen LogP contribution in [0.25, 0.3) is 0 Å². The van der Waals surface area contributed by atoms with Gasteiger partial charge in [0.25, 0.3) is 0 Å². The average Bonchev–Trinajstić information content (AvgIpc) is 2.63. The van der Waals surface area contributed by atoms with E-state index in [1.54, 1.807) is 12.1 Å². The van der Waals surface area contributed by atoms with Crippen LogP contribution in [-0.2, 0) is 9.53 Å². The molecule has 4 nitrogen and oxygen atoms in total. The Morgan fingerprint density at radius 3 is 2.80 bits per heavy atom. The van der Waals surface area contributed by atoms with E-state index in [0.717, 1.165) is 0 Å². The number of aliphatic carboxylic acids is 1. The Bertz CT molecular complexity index is 337. The molecule has 1 aromatic heterocycles. The Kier molecular flexibility index (Phi) is 2.52. The molecule has 4 heteroatoms. The molecule has 1 N–H and O–H groups in total. The maximum absolute atomic E-state index is 11.1. The predicted molar refractivity (Wildman–Crippen MR) is 52.6 cm³/mol. The van der Waals surface area contributed by atoms with E-state index in [4.69, 9.17) is 14.3 Å². The average molecular weight is 210 g/mol. The SMILES string of the molecule is CC1(CC(C(=O)O)c2ccco2)COC1. The highest BCUT2D eigenvalue weighted by Gasteiger charge is 2.39. The van der Waals surface area contributed by atoms with E-state index in [-0.39, 0.29) is 5.41 Å². The van der Waals surface area contributed by atoms with Crippen molar-refractivity contribution in [3.8, 4) is 0 Å². The molecule has 15 heavy (non-hydrogen) atoms. The third-order valence-corrected chi connectivity index (χ3v) is 2.78. The summed E-state index contributed by atoms with van der Waals surface area (Å²) in [6, 6.07) is 3.42. The highest BCUT2D eigenvalue weighted by atomic mass is 16.5. The molecule has 1 fully saturated rings. The van der Waals surface area contributed by atoms with E-state index in [1.807, 2.05) is 6.92 Å². The lowest BCUT2D eigenvalue weighted by atomic mass is 9.78. The second-order valence-corrected chi connectivity index (χ2v) is 4.41. The molecule has 1 atom stereocenters. The van der Waals surface area contributed by atoms with Gasteiger partial charge in [0.15, 0.2) is 0 Å². The van der Waals surface area contributed by atoms with E-state index in [9.17, 15) is 4.79 Å². The molecule has 1 aliphatic rings. The van der Waals surface area contributed by atoms with Gasteiger partial charge in [-0.15, -0.1) is 0 Å². The van der Waals surface area contributed by atoms with Crippen LogP contribution >= 0.6 is 0 Å². The van der Waals surface area contributed by atoms with E-state index >= 15 is 0 Å². The van der Waals surface area contributed by atoms with Crippen LogP contribution in [0.4, 0.5) is 0 Å². The summed E-state index contributed by atoms with van der Waals surface area (Å²) in [6.07, 6.45) is 2.07. The van der Waals surface area contributed by atoms with Gasteiger partial charge in [0.05, 0.1) is 19.5 Å². The first kappa shape index (κ1) is 10.2. The number of carboxylic acids is 1. The fourth-order valence-electron chi connectivity index (χ4n) is 1.86. The summed E-state index contributed by atoms with van der Waals surface area (Å²) in [5, 5.41) is 9.13. The molecule has 2 rings (SSSR count). The van der Waals surface area contributed by atoms with Crippen LogP contribution in [0.3, 0.4) is 0 Å². The number of hydrogen-bond donors (Lipinski definition) is 1. The van der Waals surface area contributed by atoms with Crippen LogP contribution in [0.15, 0.2) is 22.8 Å². The quantitative estimate of drug-likeness (QED) is 0.824. The molecular formula is C11H14O4. The van der Waals surface area contributed by atoms with Crippen molar-refractivity contribution in [3.63, 3.8) is 0 Å². The molecule has 0 bridgehead atoms. The minimum atomic E-state index is -0.835. The fraction of sp³-hybridized carbons (Fsp3) is 0.545. The van der Waals surface area contributed by atoms with Crippen LogP contribution in [0.2, 0.25) is 0 Å². The molecule has 0 radical (unpaired) electrons. The standard InChI is InChI=1S/C11H14O4/c1-11(6-14-7-11)5-8(10(12)13)9-3-2-4-15-9/h2-4,8H,5-7H2,1H3,(H,12,13). The van der Waals surface area contributed by atoms with Gasteiger partial charge in [-0.3, -0.25) is 4.79 Å². The summed E-state index contributed by atoms with van der Waals surface area (Å²) in [6.45, 7) is 3.31. The maximum Gasteiger partial charge on any atom is 0.314 e. The molecule has 82 valence electrons. The van der Waals surface area contributed by atoms with Gasteiger partial charge in [-0.2, -0.15) is 0 Å². The number of ether oxygens (including phenoxy) is 1. The van der Waals surface area contributed by atoms with E-state index in [0.29, 0.717) is 25.4 Å². The maximum atomic E-state index is 11.1. The summed E-state index contributed by atoms with van der Waals surface area (Å²) >= 11 is 0. The van der Waals surface area contributed by atoms with Crippen LogP contribution < -0.4 is 0 Å². The van der Waals surface area contributed by atoms with Crippen molar-refractivity contribution in [3.05, 3.63) is 24.2 Å². The Morgan fingerprint density at radius 1 is 1.67 bits per heavy atom. The Balaban J connectivity index is 2.10. The van der Waals surface area contributed by atoms with Crippen molar-refractivity contribution in [2.45, 2.75) is 19.3 Å². The highest BCUT2D eigenvalue weighted by Crippen LogP contribution is 2.37. The van der Waals surface area contributed by atoms with Crippen LogP contribution in [0.1, 0.15) is 25.0 Å². The molecule has 1 aliphatic heterocycles. The third kappa shape index (κ3) is 2.04. The molecular weight excluding hydrogens is 196 g/mol. The number of hydrogen-bond acceptors (Lipinski definition) is 3. The van der Waals surface area contributed by atoms with Gasteiger partial charge >= 0.3 is 5.97 Å². The van der Waals surface area contributed by atoms with Crippen molar-refractivity contribution in [2.75, 3.05) is 13.2 Å². The normalized spacial score (nSPS) is 20.6. The zero-order chi connectivity index (χ0) is 10.9. The van der Waals surface area contributed by atoms with E-state index in [2.05, 4.69) is 0 Å². The van der Waals surface area contributed by atoms with Gasteiger partial charge in [-0.05, 0) is 18.6 Å². The summed E-state index contributed by atoms with van der Waals surface area (Å²) in [4.78, 5) is 11.1. The second-order valence-electron chi connectivity index (χ2n) is 4.41. The fourth-order valence-corrected chi connectivity index (χ4v) is 1.86. The number of furan rings is 1. The summed E-state index contributed by atoms with van der Waals surface area (Å²) in [5.41, 5.74) is -0.0180. The molecule has 2 heterocycles. The molecule has 1 aromatic rings. The lowest BCUT2D eigenvalue weighted by Crippen LogP contribution is -2.41. The molecule has 0 spiro atoms. The predicted octanol–water partition coefficient (Wildman–Crippen LogP) is 1.87. The first-order valence-electron chi connectivity index (χ1n) is 4.95. The monoisotopic (exact) mass is 210 g/mol. The molecule has 1 saturated heterocycles. The topological polar surface area (TPSA) is 59.7 Å². The first-order chi connectivity index (χ1) is 7.11. The lowest BCUT2D eigenvalue weighted by molar-refractivity contribution is -0.145. The summed E-state index contributed by atoms with van der Waals surface area (Å²) in [7, 11) is 0.